The summed E-state index contributed by atoms with van der Waals surface area (Å²) in [4.78, 5) is 4.16. The van der Waals surface area contributed by atoms with Crippen LogP contribution in [0.1, 0.15) is 5.56 Å². The summed E-state index contributed by atoms with van der Waals surface area (Å²) in [5.41, 5.74) is 7.46. The van der Waals surface area contributed by atoms with E-state index in [2.05, 4.69) is 15.2 Å². The molecule has 0 aliphatic rings. The fourth-order valence-electron chi connectivity index (χ4n) is 0.998. The molecule has 2 heterocycles. The standard InChI is InChI=1S/C7H8N4S/c8-3-5-4-10-11-6(5)7-9-1-2-12-7/h1-2,4H,3,8H2,(H,10,11). The summed E-state index contributed by atoms with van der Waals surface area (Å²) in [6, 6.07) is 0. The average Bonchev–Trinajstić information content (AvgIpc) is 2.74. The molecule has 0 saturated carbocycles. The first-order chi connectivity index (χ1) is 5.92. The molecule has 0 fully saturated rings. The van der Waals surface area contributed by atoms with Gasteiger partial charge in [-0.2, -0.15) is 5.10 Å². The zero-order valence-electron chi connectivity index (χ0n) is 6.32. The number of H-pyrrole nitrogens is 1. The summed E-state index contributed by atoms with van der Waals surface area (Å²) >= 11 is 1.57. The lowest BCUT2D eigenvalue weighted by Gasteiger charge is -1.93. The van der Waals surface area contributed by atoms with Crippen molar-refractivity contribution in [3.8, 4) is 10.7 Å². The lowest BCUT2D eigenvalue weighted by atomic mass is 10.2. The second kappa shape index (κ2) is 3.04. The van der Waals surface area contributed by atoms with E-state index >= 15 is 0 Å². The van der Waals surface area contributed by atoms with E-state index in [4.69, 9.17) is 5.73 Å². The van der Waals surface area contributed by atoms with Crippen LogP contribution in [0.25, 0.3) is 10.7 Å². The number of aromatic amines is 1. The molecule has 0 unspecified atom stereocenters. The number of nitrogens with two attached hydrogens (primary N) is 1. The molecule has 0 aliphatic heterocycles. The van der Waals surface area contributed by atoms with Crippen LogP contribution in [0.3, 0.4) is 0 Å². The number of nitrogens with one attached hydrogen (secondary N) is 1. The maximum Gasteiger partial charge on any atom is 0.141 e. The molecule has 2 rings (SSSR count). The van der Waals surface area contributed by atoms with E-state index < -0.39 is 0 Å². The first-order valence-corrected chi connectivity index (χ1v) is 4.42. The molecule has 0 saturated heterocycles. The van der Waals surface area contributed by atoms with Crippen molar-refractivity contribution in [2.75, 3.05) is 0 Å². The Hall–Kier alpha value is -1.20. The van der Waals surface area contributed by atoms with Gasteiger partial charge in [-0.25, -0.2) is 4.98 Å². The van der Waals surface area contributed by atoms with Gasteiger partial charge in [0.1, 0.15) is 5.01 Å². The monoisotopic (exact) mass is 180 g/mol. The maximum atomic E-state index is 5.52. The van der Waals surface area contributed by atoms with Crippen LogP contribution in [0.5, 0.6) is 0 Å². The van der Waals surface area contributed by atoms with Gasteiger partial charge in [0.2, 0.25) is 0 Å². The van der Waals surface area contributed by atoms with Crippen LogP contribution in [-0.2, 0) is 6.54 Å². The van der Waals surface area contributed by atoms with Gasteiger partial charge in [0.25, 0.3) is 0 Å². The molecule has 0 bridgehead atoms. The van der Waals surface area contributed by atoms with Crippen molar-refractivity contribution in [1.82, 2.24) is 15.2 Å². The highest BCUT2D eigenvalue weighted by Gasteiger charge is 2.07. The Kier molecular flexibility index (Phi) is 1.89. The Balaban J connectivity index is 2.46. The first-order valence-electron chi connectivity index (χ1n) is 3.54. The summed E-state index contributed by atoms with van der Waals surface area (Å²) in [5, 5.41) is 9.65. The lowest BCUT2D eigenvalue weighted by molar-refractivity contribution is 1.07. The molecule has 0 radical (unpaired) electrons. The van der Waals surface area contributed by atoms with Gasteiger partial charge in [-0.1, -0.05) is 0 Å². The van der Waals surface area contributed by atoms with Crippen molar-refractivity contribution < 1.29 is 0 Å². The van der Waals surface area contributed by atoms with Gasteiger partial charge in [0, 0.05) is 23.7 Å². The number of thiazole rings is 1. The molecule has 0 atom stereocenters. The summed E-state index contributed by atoms with van der Waals surface area (Å²) in [6.07, 6.45) is 3.50. The molecule has 0 spiro atoms. The van der Waals surface area contributed by atoms with E-state index in [1.54, 1.807) is 23.7 Å². The quantitative estimate of drug-likeness (QED) is 0.724. The largest absolute Gasteiger partial charge is 0.326 e. The third-order valence-corrected chi connectivity index (χ3v) is 2.37. The van der Waals surface area contributed by atoms with E-state index in [-0.39, 0.29) is 0 Å². The smallest absolute Gasteiger partial charge is 0.141 e. The molecule has 0 aliphatic carbocycles. The van der Waals surface area contributed by atoms with Gasteiger partial charge in [-0.15, -0.1) is 11.3 Å². The van der Waals surface area contributed by atoms with E-state index in [0.29, 0.717) is 6.54 Å². The van der Waals surface area contributed by atoms with Gasteiger partial charge in [-0.3, -0.25) is 5.10 Å². The minimum Gasteiger partial charge on any atom is -0.326 e. The van der Waals surface area contributed by atoms with Crippen LogP contribution in [0, 0.1) is 0 Å². The Morgan fingerprint density at radius 3 is 3.17 bits per heavy atom. The maximum absolute atomic E-state index is 5.52. The molecule has 62 valence electrons. The molecule has 12 heavy (non-hydrogen) atoms. The summed E-state index contributed by atoms with van der Waals surface area (Å²) in [7, 11) is 0. The van der Waals surface area contributed by atoms with Crippen LogP contribution >= 0.6 is 11.3 Å². The van der Waals surface area contributed by atoms with Crippen molar-refractivity contribution in [3.63, 3.8) is 0 Å². The van der Waals surface area contributed by atoms with E-state index in [0.717, 1.165) is 16.3 Å². The zero-order chi connectivity index (χ0) is 8.39. The molecule has 0 amide bonds. The Bertz CT molecular complexity index is 351. The van der Waals surface area contributed by atoms with Crippen LogP contribution in [0.15, 0.2) is 17.8 Å². The predicted molar refractivity (Wildman–Crippen MR) is 47.6 cm³/mol. The molecule has 5 heteroatoms. The molecule has 3 N–H and O–H groups in total. The van der Waals surface area contributed by atoms with Crippen molar-refractivity contribution >= 4 is 11.3 Å². The predicted octanol–water partition coefficient (Wildman–Crippen LogP) is 0.992. The SMILES string of the molecule is NCc1cn[nH]c1-c1nccs1. The molecular formula is C7H8N4S. The van der Waals surface area contributed by atoms with Gasteiger partial charge < -0.3 is 5.73 Å². The minimum absolute atomic E-state index is 0.491. The number of hydrogen-bond acceptors (Lipinski definition) is 4. The van der Waals surface area contributed by atoms with Gasteiger partial charge in [0.05, 0.1) is 11.9 Å². The first kappa shape index (κ1) is 7.45. The number of rotatable bonds is 2. The lowest BCUT2D eigenvalue weighted by Crippen LogP contribution is -1.96. The molecule has 4 nitrogen and oxygen atoms in total. The molecule has 2 aromatic rings. The van der Waals surface area contributed by atoms with E-state index in [9.17, 15) is 0 Å². The third-order valence-electron chi connectivity index (χ3n) is 1.58. The van der Waals surface area contributed by atoms with Crippen molar-refractivity contribution in [2.45, 2.75) is 6.54 Å². The molecule has 0 aromatic carbocycles. The van der Waals surface area contributed by atoms with Crippen LogP contribution < -0.4 is 5.73 Å². The average molecular weight is 180 g/mol. The Morgan fingerprint density at radius 2 is 2.50 bits per heavy atom. The van der Waals surface area contributed by atoms with Crippen LogP contribution in [0.4, 0.5) is 0 Å². The van der Waals surface area contributed by atoms with Gasteiger partial charge in [0.15, 0.2) is 0 Å². The highest BCUT2D eigenvalue weighted by Crippen LogP contribution is 2.22. The fourth-order valence-corrected chi connectivity index (χ4v) is 1.66. The zero-order valence-corrected chi connectivity index (χ0v) is 7.14. The summed E-state index contributed by atoms with van der Waals surface area (Å²) in [5.74, 6) is 0. The van der Waals surface area contributed by atoms with Gasteiger partial charge in [-0.05, 0) is 0 Å². The number of hydrogen-bond donors (Lipinski definition) is 2. The highest BCUT2D eigenvalue weighted by atomic mass is 32.1. The highest BCUT2D eigenvalue weighted by molar-refractivity contribution is 7.13. The van der Waals surface area contributed by atoms with Crippen LogP contribution in [0.2, 0.25) is 0 Å². The Morgan fingerprint density at radius 1 is 1.58 bits per heavy atom. The van der Waals surface area contributed by atoms with Crippen molar-refractivity contribution in [2.24, 2.45) is 5.73 Å². The third kappa shape index (κ3) is 1.13. The summed E-state index contributed by atoms with van der Waals surface area (Å²) in [6.45, 7) is 0.491. The topological polar surface area (TPSA) is 67.6 Å². The minimum atomic E-state index is 0.491. The number of aromatic nitrogens is 3. The second-order valence-electron chi connectivity index (χ2n) is 2.31. The molecule has 2 aromatic heterocycles. The number of nitrogens with zero attached hydrogens (tertiary/aromatic N) is 2. The van der Waals surface area contributed by atoms with Gasteiger partial charge >= 0.3 is 0 Å². The molecular weight excluding hydrogens is 172 g/mol. The van der Waals surface area contributed by atoms with Crippen molar-refractivity contribution in [1.29, 1.82) is 0 Å². The Labute approximate surface area is 73.5 Å². The summed E-state index contributed by atoms with van der Waals surface area (Å²) < 4.78 is 0. The van der Waals surface area contributed by atoms with E-state index in [1.165, 1.54) is 0 Å². The normalized spacial score (nSPS) is 10.4. The van der Waals surface area contributed by atoms with Crippen molar-refractivity contribution in [3.05, 3.63) is 23.3 Å². The van der Waals surface area contributed by atoms with E-state index in [1.807, 2.05) is 5.38 Å². The second-order valence-corrected chi connectivity index (χ2v) is 3.21. The fraction of sp³-hybridized carbons (Fsp3) is 0.143. The van der Waals surface area contributed by atoms with Crippen LogP contribution in [-0.4, -0.2) is 15.2 Å².